The molecular formula is C7H11F2N5. The fraction of sp³-hybridized carbons (Fsp3) is 0.429. The van der Waals surface area contributed by atoms with Gasteiger partial charge in [-0.1, -0.05) is 0 Å². The Hall–Kier alpha value is -1.50. The second-order valence-electron chi connectivity index (χ2n) is 2.54. The number of nitrogens with zero attached hydrogens (tertiary/aromatic N) is 2. The van der Waals surface area contributed by atoms with Crippen molar-refractivity contribution in [1.82, 2.24) is 9.97 Å². The molecule has 0 amide bonds. The Kier molecular flexibility index (Phi) is 3.99. The van der Waals surface area contributed by atoms with Crippen LogP contribution in [-0.4, -0.2) is 22.9 Å². The zero-order valence-corrected chi connectivity index (χ0v) is 7.37. The maximum absolute atomic E-state index is 11.8. The van der Waals surface area contributed by atoms with Crippen molar-refractivity contribution in [2.45, 2.75) is 12.8 Å². The molecule has 0 aliphatic heterocycles. The van der Waals surface area contributed by atoms with Crippen LogP contribution in [0.2, 0.25) is 0 Å². The Morgan fingerprint density at radius 3 is 2.71 bits per heavy atom. The predicted octanol–water partition coefficient (Wildman–Crippen LogP) is 0.829. The molecule has 78 valence electrons. The van der Waals surface area contributed by atoms with Crippen molar-refractivity contribution >= 4 is 11.6 Å². The van der Waals surface area contributed by atoms with Gasteiger partial charge in [-0.2, -0.15) is 0 Å². The number of halogens is 2. The van der Waals surface area contributed by atoms with Crippen molar-refractivity contribution in [2.24, 2.45) is 5.84 Å². The first-order valence-corrected chi connectivity index (χ1v) is 4.03. The van der Waals surface area contributed by atoms with E-state index in [0.29, 0.717) is 11.6 Å². The summed E-state index contributed by atoms with van der Waals surface area (Å²) >= 11 is 0. The van der Waals surface area contributed by atoms with Crippen LogP contribution < -0.4 is 16.6 Å². The Morgan fingerprint density at radius 1 is 1.36 bits per heavy atom. The summed E-state index contributed by atoms with van der Waals surface area (Å²) < 4.78 is 23.5. The summed E-state index contributed by atoms with van der Waals surface area (Å²) in [5, 5.41) is 2.70. The molecule has 7 heteroatoms. The first-order chi connectivity index (χ1) is 6.72. The van der Waals surface area contributed by atoms with Crippen LogP contribution in [0.25, 0.3) is 0 Å². The van der Waals surface area contributed by atoms with Gasteiger partial charge in [0.1, 0.15) is 5.82 Å². The fourth-order valence-corrected chi connectivity index (χ4v) is 0.830. The molecule has 0 aromatic carbocycles. The van der Waals surface area contributed by atoms with Crippen LogP contribution in [0.5, 0.6) is 0 Å². The number of nitrogen functional groups attached to an aromatic ring is 1. The number of hydrogen-bond donors (Lipinski definition) is 3. The second-order valence-corrected chi connectivity index (χ2v) is 2.54. The van der Waals surface area contributed by atoms with E-state index in [4.69, 9.17) is 5.84 Å². The van der Waals surface area contributed by atoms with Gasteiger partial charge in [-0.15, -0.1) is 0 Å². The van der Waals surface area contributed by atoms with Gasteiger partial charge < -0.3 is 10.7 Å². The van der Waals surface area contributed by atoms with Crippen molar-refractivity contribution in [3.05, 3.63) is 12.4 Å². The van der Waals surface area contributed by atoms with Gasteiger partial charge in [0.2, 0.25) is 6.43 Å². The van der Waals surface area contributed by atoms with Crippen LogP contribution in [0.15, 0.2) is 12.4 Å². The van der Waals surface area contributed by atoms with Gasteiger partial charge in [0.15, 0.2) is 5.82 Å². The molecule has 1 heterocycles. The Bertz CT molecular complexity index is 281. The van der Waals surface area contributed by atoms with Gasteiger partial charge in [-0.25, -0.2) is 19.6 Å². The molecule has 0 fully saturated rings. The largest absolute Gasteiger partial charge is 0.369 e. The number of aromatic nitrogens is 2. The Morgan fingerprint density at radius 2 is 2.07 bits per heavy atom. The molecule has 4 N–H and O–H groups in total. The summed E-state index contributed by atoms with van der Waals surface area (Å²) in [7, 11) is 0. The molecule has 5 nitrogen and oxygen atoms in total. The van der Waals surface area contributed by atoms with E-state index >= 15 is 0 Å². The minimum absolute atomic E-state index is 0.153. The van der Waals surface area contributed by atoms with Crippen LogP contribution in [0.3, 0.4) is 0 Å². The van der Waals surface area contributed by atoms with Crippen molar-refractivity contribution in [1.29, 1.82) is 0 Å². The Labute approximate surface area is 79.7 Å². The van der Waals surface area contributed by atoms with Crippen LogP contribution in [0.1, 0.15) is 6.42 Å². The molecule has 0 bridgehead atoms. The first-order valence-electron chi connectivity index (χ1n) is 4.03. The van der Waals surface area contributed by atoms with E-state index in [9.17, 15) is 8.78 Å². The summed E-state index contributed by atoms with van der Waals surface area (Å²) in [6.45, 7) is 0.153. The topological polar surface area (TPSA) is 75.9 Å². The second kappa shape index (κ2) is 5.28. The van der Waals surface area contributed by atoms with Gasteiger partial charge >= 0.3 is 0 Å². The minimum Gasteiger partial charge on any atom is -0.369 e. The van der Waals surface area contributed by atoms with E-state index in [-0.39, 0.29) is 13.0 Å². The van der Waals surface area contributed by atoms with Crippen LogP contribution in [-0.2, 0) is 0 Å². The SMILES string of the molecule is NNc1cncc(NCCC(F)F)n1. The van der Waals surface area contributed by atoms with E-state index in [2.05, 4.69) is 20.7 Å². The van der Waals surface area contributed by atoms with Crippen molar-refractivity contribution in [2.75, 3.05) is 17.3 Å². The standard InChI is InChI=1S/C7H11F2N5/c8-5(9)1-2-12-6-3-11-4-7(13-6)14-10/h3-5H,1-2,10H2,(H2,12,13,14). The molecule has 0 aliphatic rings. The van der Waals surface area contributed by atoms with Gasteiger partial charge in [0.25, 0.3) is 0 Å². The summed E-state index contributed by atoms with van der Waals surface area (Å²) in [5.41, 5.74) is 2.30. The summed E-state index contributed by atoms with van der Waals surface area (Å²) in [4.78, 5) is 7.73. The quantitative estimate of drug-likeness (QED) is 0.488. The fourth-order valence-electron chi connectivity index (χ4n) is 0.830. The number of hydrogen-bond acceptors (Lipinski definition) is 5. The maximum Gasteiger partial charge on any atom is 0.240 e. The monoisotopic (exact) mass is 203 g/mol. The third-order valence-electron chi connectivity index (χ3n) is 1.45. The molecule has 0 saturated heterocycles. The summed E-state index contributed by atoms with van der Waals surface area (Å²) in [6.07, 6.45) is 0.332. The molecule has 0 atom stereocenters. The normalized spacial score (nSPS) is 10.3. The van der Waals surface area contributed by atoms with E-state index in [1.165, 1.54) is 12.4 Å². The molecule has 0 aliphatic carbocycles. The van der Waals surface area contributed by atoms with Crippen molar-refractivity contribution in [3.63, 3.8) is 0 Å². The minimum atomic E-state index is -2.31. The highest BCUT2D eigenvalue weighted by Crippen LogP contribution is 2.06. The van der Waals surface area contributed by atoms with Gasteiger partial charge in [0.05, 0.1) is 12.4 Å². The molecule has 1 aromatic heterocycles. The first kappa shape index (κ1) is 10.6. The predicted molar refractivity (Wildman–Crippen MR) is 49.0 cm³/mol. The number of nitrogens with two attached hydrogens (primary N) is 1. The van der Waals surface area contributed by atoms with Gasteiger partial charge in [-0.3, -0.25) is 4.98 Å². The number of nitrogens with one attached hydrogen (secondary N) is 2. The lowest BCUT2D eigenvalue weighted by Gasteiger charge is -2.05. The van der Waals surface area contributed by atoms with E-state index < -0.39 is 6.43 Å². The lowest BCUT2D eigenvalue weighted by atomic mass is 10.4. The van der Waals surface area contributed by atoms with Crippen molar-refractivity contribution in [3.8, 4) is 0 Å². The number of anilines is 2. The average molecular weight is 203 g/mol. The number of hydrazine groups is 1. The number of rotatable bonds is 5. The lowest BCUT2D eigenvalue weighted by Crippen LogP contribution is -2.12. The van der Waals surface area contributed by atoms with E-state index in [1.54, 1.807) is 0 Å². The average Bonchev–Trinajstić information content (AvgIpc) is 2.18. The molecular weight excluding hydrogens is 192 g/mol. The van der Waals surface area contributed by atoms with E-state index in [1.807, 2.05) is 0 Å². The number of alkyl halides is 2. The summed E-state index contributed by atoms with van der Waals surface area (Å²) in [6, 6.07) is 0. The zero-order valence-electron chi connectivity index (χ0n) is 7.37. The molecule has 14 heavy (non-hydrogen) atoms. The third kappa shape index (κ3) is 3.48. The maximum atomic E-state index is 11.8. The van der Waals surface area contributed by atoms with Crippen LogP contribution >= 0.6 is 0 Å². The van der Waals surface area contributed by atoms with Gasteiger partial charge in [0, 0.05) is 13.0 Å². The van der Waals surface area contributed by atoms with Crippen molar-refractivity contribution < 1.29 is 8.78 Å². The highest BCUT2D eigenvalue weighted by Gasteiger charge is 2.02. The molecule has 0 spiro atoms. The highest BCUT2D eigenvalue weighted by molar-refractivity contribution is 5.40. The van der Waals surface area contributed by atoms with Crippen LogP contribution in [0, 0.1) is 0 Å². The van der Waals surface area contributed by atoms with Crippen LogP contribution in [0.4, 0.5) is 20.4 Å². The molecule has 1 rings (SSSR count). The molecule has 0 unspecified atom stereocenters. The van der Waals surface area contributed by atoms with Gasteiger partial charge in [-0.05, 0) is 0 Å². The Balaban J connectivity index is 2.42. The smallest absolute Gasteiger partial charge is 0.240 e. The third-order valence-corrected chi connectivity index (χ3v) is 1.45. The highest BCUT2D eigenvalue weighted by atomic mass is 19.3. The zero-order chi connectivity index (χ0) is 10.4. The lowest BCUT2D eigenvalue weighted by molar-refractivity contribution is 0.142. The van der Waals surface area contributed by atoms with E-state index in [0.717, 1.165) is 0 Å². The summed E-state index contributed by atoms with van der Waals surface area (Å²) in [5.74, 6) is 5.89. The molecule has 0 radical (unpaired) electrons. The molecule has 1 aromatic rings. The molecule has 0 saturated carbocycles.